The molecular formula is C16H27NO. The molecule has 1 saturated heterocycles. The summed E-state index contributed by atoms with van der Waals surface area (Å²) in [5.41, 5.74) is 0. The molecule has 1 aliphatic heterocycles. The minimum atomic E-state index is 0.0158. The van der Waals surface area contributed by atoms with Crippen LogP contribution in [0.5, 0.6) is 0 Å². The van der Waals surface area contributed by atoms with Gasteiger partial charge in [0.1, 0.15) is 0 Å². The molecule has 1 heterocycles. The van der Waals surface area contributed by atoms with Gasteiger partial charge in [-0.25, -0.2) is 0 Å². The van der Waals surface area contributed by atoms with Gasteiger partial charge in [0.2, 0.25) is 0 Å². The molecule has 5 rings (SSSR count). The third-order valence-corrected chi connectivity index (χ3v) is 6.56. The third kappa shape index (κ3) is 1.84. The zero-order valence-electron chi connectivity index (χ0n) is 11.4. The summed E-state index contributed by atoms with van der Waals surface area (Å²) >= 11 is 0. The van der Waals surface area contributed by atoms with Gasteiger partial charge in [0.05, 0.1) is 6.10 Å². The summed E-state index contributed by atoms with van der Waals surface area (Å²) < 4.78 is 0. The molecule has 4 saturated carbocycles. The molecule has 0 aromatic heterocycles. The lowest BCUT2D eigenvalue weighted by molar-refractivity contribution is -0.108. The Morgan fingerprint density at radius 3 is 1.94 bits per heavy atom. The molecule has 0 aromatic rings. The summed E-state index contributed by atoms with van der Waals surface area (Å²) in [5.74, 6) is 5.08. The Bertz CT molecular complexity index is 282. The number of hydrogen-bond donors (Lipinski definition) is 2. The van der Waals surface area contributed by atoms with Gasteiger partial charge in [0.15, 0.2) is 0 Å². The first-order valence-corrected chi connectivity index (χ1v) is 8.20. The van der Waals surface area contributed by atoms with Crippen LogP contribution in [0, 0.1) is 35.5 Å². The van der Waals surface area contributed by atoms with Gasteiger partial charge in [-0.3, -0.25) is 0 Å². The highest BCUT2D eigenvalue weighted by Gasteiger charge is 2.51. The SMILES string of the molecule is OC(C1CCNCC1)C1C2CC3CC(C2)CC1C3. The van der Waals surface area contributed by atoms with Crippen molar-refractivity contribution in [3.63, 3.8) is 0 Å². The van der Waals surface area contributed by atoms with E-state index in [1.807, 2.05) is 0 Å². The van der Waals surface area contributed by atoms with Crippen molar-refractivity contribution in [2.24, 2.45) is 35.5 Å². The third-order valence-electron chi connectivity index (χ3n) is 6.56. The fraction of sp³-hybridized carbons (Fsp3) is 1.00. The Balaban J connectivity index is 1.50. The lowest BCUT2D eigenvalue weighted by Crippen LogP contribution is -2.52. The second-order valence-electron chi connectivity index (χ2n) is 7.59. The van der Waals surface area contributed by atoms with Crippen molar-refractivity contribution < 1.29 is 5.11 Å². The van der Waals surface area contributed by atoms with E-state index >= 15 is 0 Å². The van der Waals surface area contributed by atoms with Gasteiger partial charge in [-0.05, 0) is 93.5 Å². The van der Waals surface area contributed by atoms with Gasteiger partial charge < -0.3 is 10.4 Å². The quantitative estimate of drug-likeness (QED) is 0.788. The summed E-state index contributed by atoms with van der Waals surface area (Å²) in [7, 11) is 0. The van der Waals surface area contributed by atoms with Crippen LogP contribution in [-0.4, -0.2) is 24.3 Å². The number of piperidine rings is 1. The van der Waals surface area contributed by atoms with Crippen LogP contribution in [0.4, 0.5) is 0 Å². The van der Waals surface area contributed by atoms with E-state index in [0.29, 0.717) is 11.8 Å². The Labute approximate surface area is 111 Å². The Morgan fingerprint density at radius 1 is 0.833 bits per heavy atom. The highest BCUT2D eigenvalue weighted by Crippen LogP contribution is 2.58. The van der Waals surface area contributed by atoms with E-state index in [4.69, 9.17) is 0 Å². The average Bonchev–Trinajstić information content (AvgIpc) is 2.38. The fourth-order valence-electron chi connectivity index (χ4n) is 6.02. The lowest BCUT2D eigenvalue weighted by Gasteiger charge is -2.56. The number of hydrogen-bond acceptors (Lipinski definition) is 2. The first-order chi connectivity index (χ1) is 8.81. The minimum Gasteiger partial charge on any atom is -0.393 e. The maximum atomic E-state index is 10.9. The first-order valence-electron chi connectivity index (χ1n) is 8.20. The summed E-state index contributed by atoms with van der Waals surface area (Å²) in [6, 6.07) is 0. The first kappa shape index (κ1) is 11.7. The van der Waals surface area contributed by atoms with Crippen molar-refractivity contribution >= 4 is 0 Å². The summed E-state index contributed by atoms with van der Waals surface area (Å²) in [5, 5.41) is 14.3. The van der Waals surface area contributed by atoms with Crippen LogP contribution in [0.1, 0.15) is 44.9 Å². The zero-order valence-corrected chi connectivity index (χ0v) is 11.4. The molecular weight excluding hydrogens is 222 g/mol. The van der Waals surface area contributed by atoms with E-state index in [2.05, 4.69) is 5.32 Å². The smallest absolute Gasteiger partial charge is 0.0602 e. The normalized spacial score (nSPS) is 49.5. The Kier molecular flexibility index (Phi) is 2.92. The van der Waals surface area contributed by atoms with E-state index in [1.165, 1.54) is 44.9 Å². The van der Waals surface area contributed by atoms with Gasteiger partial charge in [0.25, 0.3) is 0 Å². The molecule has 0 amide bonds. The highest BCUT2D eigenvalue weighted by atomic mass is 16.3. The van der Waals surface area contributed by atoms with Crippen molar-refractivity contribution in [1.29, 1.82) is 0 Å². The minimum absolute atomic E-state index is 0.0158. The van der Waals surface area contributed by atoms with Crippen LogP contribution in [0.3, 0.4) is 0 Å². The van der Waals surface area contributed by atoms with Gasteiger partial charge in [-0.2, -0.15) is 0 Å². The van der Waals surface area contributed by atoms with Gasteiger partial charge in [-0.15, -0.1) is 0 Å². The molecule has 0 radical (unpaired) electrons. The molecule has 2 heteroatoms. The van der Waals surface area contributed by atoms with Gasteiger partial charge in [-0.1, -0.05) is 0 Å². The molecule has 4 aliphatic carbocycles. The predicted molar refractivity (Wildman–Crippen MR) is 72.1 cm³/mol. The van der Waals surface area contributed by atoms with E-state index < -0.39 is 0 Å². The second kappa shape index (κ2) is 4.49. The van der Waals surface area contributed by atoms with Crippen LogP contribution in [0.25, 0.3) is 0 Å². The molecule has 5 aliphatic rings. The van der Waals surface area contributed by atoms with E-state index in [9.17, 15) is 5.11 Å². The average molecular weight is 249 g/mol. The van der Waals surface area contributed by atoms with Crippen molar-refractivity contribution in [3.05, 3.63) is 0 Å². The predicted octanol–water partition coefficient (Wildman–Crippen LogP) is 2.42. The van der Waals surface area contributed by atoms with Crippen molar-refractivity contribution in [2.45, 2.75) is 51.0 Å². The van der Waals surface area contributed by atoms with Crippen LogP contribution in [0.15, 0.2) is 0 Å². The Morgan fingerprint density at radius 2 is 1.39 bits per heavy atom. The second-order valence-corrected chi connectivity index (χ2v) is 7.59. The fourth-order valence-corrected chi connectivity index (χ4v) is 6.02. The van der Waals surface area contributed by atoms with Crippen LogP contribution in [0.2, 0.25) is 0 Å². The van der Waals surface area contributed by atoms with Crippen molar-refractivity contribution in [1.82, 2.24) is 5.32 Å². The van der Waals surface area contributed by atoms with Gasteiger partial charge >= 0.3 is 0 Å². The number of aliphatic hydroxyl groups excluding tert-OH is 1. The molecule has 0 aromatic carbocycles. The molecule has 0 spiro atoms. The number of rotatable bonds is 2. The number of nitrogens with one attached hydrogen (secondary N) is 1. The van der Waals surface area contributed by atoms with Crippen LogP contribution in [-0.2, 0) is 0 Å². The summed E-state index contributed by atoms with van der Waals surface area (Å²) in [6.45, 7) is 2.24. The summed E-state index contributed by atoms with van der Waals surface area (Å²) in [4.78, 5) is 0. The van der Waals surface area contributed by atoms with Crippen molar-refractivity contribution in [2.75, 3.05) is 13.1 Å². The molecule has 5 fully saturated rings. The molecule has 4 bridgehead atoms. The van der Waals surface area contributed by atoms with Crippen molar-refractivity contribution in [3.8, 4) is 0 Å². The zero-order chi connectivity index (χ0) is 12.1. The monoisotopic (exact) mass is 249 g/mol. The molecule has 1 atom stereocenters. The topological polar surface area (TPSA) is 32.3 Å². The molecule has 2 nitrogen and oxygen atoms in total. The standard InChI is InChI=1S/C16H27NO/c18-16(12-1-3-17-4-2-12)15-13-6-10-5-11(8-13)9-14(15)7-10/h10-18H,1-9H2. The van der Waals surface area contributed by atoms with Gasteiger partial charge in [0, 0.05) is 0 Å². The largest absolute Gasteiger partial charge is 0.393 e. The molecule has 102 valence electrons. The molecule has 2 N–H and O–H groups in total. The van der Waals surface area contributed by atoms with E-state index in [1.54, 1.807) is 0 Å². The lowest BCUT2D eigenvalue weighted by atomic mass is 9.50. The van der Waals surface area contributed by atoms with Crippen LogP contribution >= 0.6 is 0 Å². The molecule has 1 unspecified atom stereocenters. The molecule has 18 heavy (non-hydrogen) atoms. The Hall–Kier alpha value is -0.0800. The van der Waals surface area contributed by atoms with E-state index in [-0.39, 0.29) is 6.10 Å². The number of aliphatic hydroxyl groups is 1. The highest BCUT2D eigenvalue weighted by molar-refractivity contribution is 5.01. The maximum absolute atomic E-state index is 10.9. The van der Waals surface area contributed by atoms with E-state index in [0.717, 1.165) is 36.8 Å². The van der Waals surface area contributed by atoms with Crippen LogP contribution < -0.4 is 5.32 Å². The summed E-state index contributed by atoms with van der Waals surface area (Å²) in [6.07, 6.45) is 9.71. The maximum Gasteiger partial charge on any atom is 0.0602 e.